The number of benzene rings is 1. The van der Waals surface area contributed by atoms with E-state index in [-0.39, 0.29) is 11.9 Å². The van der Waals surface area contributed by atoms with Gasteiger partial charge in [-0.3, -0.25) is 5.84 Å². The molecular formula is C13H15FN2O. The molecule has 0 fully saturated rings. The molecule has 0 amide bonds. The molecule has 1 aromatic heterocycles. The van der Waals surface area contributed by atoms with Crippen LogP contribution in [0.2, 0.25) is 0 Å². The summed E-state index contributed by atoms with van der Waals surface area (Å²) in [6.07, 6.45) is 1.62. The van der Waals surface area contributed by atoms with Gasteiger partial charge in [-0.25, -0.2) is 9.82 Å². The largest absolute Gasteiger partial charge is 0.469 e. The molecule has 90 valence electrons. The van der Waals surface area contributed by atoms with Gasteiger partial charge in [0.05, 0.1) is 12.3 Å². The molecule has 0 spiro atoms. The van der Waals surface area contributed by atoms with Crippen LogP contribution < -0.4 is 11.3 Å². The van der Waals surface area contributed by atoms with E-state index in [2.05, 4.69) is 5.43 Å². The molecule has 0 aliphatic carbocycles. The van der Waals surface area contributed by atoms with Crippen LogP contribution in [0.25, 0.3) is 0 Å². The first-order valence-electron chi connectivity index (χ1n) is 5.39. The lowest BCUT2D eigenvalue weighted by Gasteiger charge is -2.18. The Morgan fingerprint density at radius 3 is 2.53 bits per heavy atom. The number of aryl methyl sites for hydroxylation is 2. The smallest absolute Gasteiger partial charge is 0.123 e. The summed E-state index contributed by atoms with van der Waals surface area (Å²) in [5.41, 5.74) is 5.50. The van der Waals surface area contributed by atoms with Crippen molar-refractivity contribution in [3.63, 3.8) is 0 Å². The van der Waals surface area contributed by atoms with Crippen molar-refractivity contribution in [3.05, 3.63) is 58.8 Å². The monoisotopic (exact) mass is 234 g/mol. The Hall–Kier alpha value is -1.65. The van der Waals surface area contributed by atoms with Crippen LogP contribution in [0, 0.1) is 19.7 Å². The Morgan fingerprint density at radius 2 is 2.00 bits per heavy atom. The number of hydrazine groups is 1. The Morgan fingerprint density at radius 1 is 1.24 bits per heavy atom. The van der Waals surface area contributed by atoms with Crippen LogP contribution in [-0.4, -0.2) is 0 Å². The third-order valence-electron chi connectivity index (χ3n) is 2.92. The molecule has 0 saturated carbocycles. The van der Waals surface area contributed by atoms with Gasteiger partial charge in [-0.05, 0) is 43.2 Å². The maximum atomic E-state index is 13.1. The van der Waals surface area contributed by atoms with Gasteiger partial charge >= 0.3 is 0 Å². The molecule has 2 rings (SSSR count). The number of nitrogens with one attached hydrogen (secondary N) is 1. The number of hydrogen-bond acceptors (Lipinski definition) is 3. The molecule has 1 aromatic carbocycles. The van der Waals surface area contributed by atoms with Crippen molar-refractivity contribution >= 4 is 0 Å². The van der Waals surface area contributed by atoms with Crippen LogP contribution >= 0.6 is 0 Å². The summed E-state index contributed by atoms with van der Waals surface area (Å²) in [5.74, 6) is 6.14. The molecule has 0 aliphatic heterocycles. The van der Waals surface area contributed by atoms with Crippen molar-refractivity contribution in [1.82, 2.24) is 5.43 Å². The Bertz CT molecular complexity index is 522. The molecule has 2 aromatic rings. The highest BCUT2D eigenvalue weighted by molar-refractivity contribution is 5.37. The third-order valence-corrected chi connectivity index (χ3v) is 2.92. The highest BCUT2D eigenvalue weighted by Crippen LogP contribution is 2.27. The molecule has 17 heavy (non-hydrogen) atoms. The first kappa shape index (κ1) is 11.8. The van der Waals surface area contributed by atoms with Crippen LogP contribution in [0.3, 0.4) is 0 Å². The molecule has 1 unspecified atom stereocenters. The van der Waals surface area contributed by atoms with E-state index in [1.54, 1.807) is 12.3 Å². The predicted octanol–water partition coefficient (Wildman–Crippen LogP) is 2.59. The van der Waals surface area contributed by atoms with Crippen molar-refractivity contribution < 1.29 is 8.81 Å². The van der Waals surface area contributed by atoms with E-state index in [0.29, 0.717) is 0 Å². The van der Waals surface area contributed by atoms with Crippen LogP contribution in [0.4, 0.5) is 4.39 Å². The molecule has 3 N–H and O–H groups in total. The second-order valence-electron chi connectivity index (χ2n) is 4.03. The Kier molecular flexibility index (Phi) is 3.26. The summed E-state index contributed by atoms with van der Waals surface area (Å²) in [4.78, 5) is 0. The molecule has 4 heteroatoms. The van der Waals surface area contributed by atoms with Crippen LogP contribution in [0.1, 0.15) is 28.5 Å². The van der Waals surface area contributed by atoms with Crippen molar-refractivity contribution in [2.75, 3.05) is 0 Å². The maximum absolute atomic E-state index is 13.1. The molecular weight excluding hydrogens is 219 g/mol. The van der Waals surface area contributed by atoms with Crippen molar-refractivity contribution in [2.24, 2.45) is 5.84 Å². The Balaban J connectivity index is 2.46. The maximum Gasteiger partial charge on any atom is 0.123 e. The van der Waals surface area contributed by atoms with Crippen molar-refractivity contribution in [1.29, 1.82) is 0 Å². The summed E-state index contributed by atoms with van der Waals surface area (Å²) in [7, 11) is 0. The zero-order valence-electron chi connectivity index (χ0n) is 9.83. The second kappa shape index (κ2) is 4.69. The molecule has 3 nitrogen and oxygen atoms in total. The zero-order valence-corrected chi connectivity index (χ0v) is 9.83. The molecule has 1 heterocycles. The van der Waals surface area contributed by atoms with E-state index >= 15 is 0 Å². The number of hydrogen-bond donors (Lipinski definition) is 2. The van der Waals surface area contributed by atoms with E-state index in [9.17, 15) is 4.39 Å². The normalized spacial score (nSPS) is 12.7. The second-order valence-corrected chi connectivity index (χ2v) is 4.03. The van der Waals surface area contributed by atoms with Gasteiger partial charge in [-0.1, -0.05) is 6.07 Å². The highest BCUT2D eigenvalue weighted by atomic mass is 19.1. The molecule has 0 radical (unpaired) electrons. The molecule has 0 bridgehead atoms. The minimum absolute atomic E-state index is 0.186. The van der Waals surface area contributed by atoms with E-state index < -0.39 is 0 Å². The quantitative estimate of drug-likeness (QED) is 0.634. The fourth-order valence-corrected chi connectivity index (χ4v) is 2.00. The van der Waals surface area contributed by atoms with Gasteiger partial charge in [0, 0.05) is 5.56 Å². The van der Waals surface area contributed by atoms with Gasteiger partial charge < -0.3 is 4.42 Å². The van der Waals surface area contributed by atoms with Crippen molar-refractivity contribution in [2.45, 2.75) is 19.9 Å². The van der Waals surface area contributed by atoms with Crippen molar-refractivity contribution in [3.8, 4) is 0 Å². The summed E-state index contributed by atoms with van der Waals surface area (Å²) >= 11 is 0. The SMILES string of the molecule is Cc1cc(F)ccc1C(NN)c1ccoc1C. The average molecular weight is 234 g/mol. The number of nitrogens with two attached hydrogens (primary N) is 1. The Labute approximate surface area is 99.4 Å². The van der Waals surface area contributed by atoms with E-state index in [1.165, 1.54) is 12.1 Å². The fourth-order valence-electron chi connectivity index (χ4n) is 2.00. The third kappa shape index (κ3) is 2.23. The number of rotatable bonds is 3. The minimum Gasteiger partial charge on any atom is -0.469 e. The molecule has 0 saturated heterocycles. The van der Waals surface area contributed by atoms with Gasteiger partial charge in [0.2, 0.25) is 0 Å². The van der Waals surface area contributed by atoms with Crippen LogP contribution in [0.5, 0.6) is 0 Å². The lowest BCUT2D eigenvalue weighted by atomic mass is 9.96. The topological polar surface area (TPSA) is 51.2 Å². The minimum atomic E-state index is -0.245. The lowest BCUT2D eigenvalue weighted by molar-refractivity contribution is 0.519. The summed E-state index contributed by atoms with van der Waals surface area (Å²) in [5, 5.41) is 0. The lowest BCUT2D eigenvalue weighted by Crippen LogP contribution is -2.29. The summed E-state index contributed by atoms with van der Waals surface area (Å²) in [6, 6.07) is 6.34. The first-order valence-corrected chi connectivity index (χ1v) is 5.39. The van der Waals surface area contributed by atoms with Gasteiger partial charge in [0.1, 0.15) is 11.6 Å². The van der Waals surface area contributed by atoms with Gasteiger partial charge in [-0.2, -0.15) is 0 Å². The van der Waals surface area contributed by atoms with Crippen LogP contribution in [-0.2, 0) is 0 Å². The number of furan rings is 1. The van der Waals surface area contributed by atoms with Gasteiger partial charge in [0.25, 0.3) is 0 Å². The molecule has 1 atom stereocenters. The average Bonchev–Trinajstić information content (AvgIpc) is 2.69. The fraction of sp³-hybridized carbons (Fsp3) is 0.231. The van der Waals surface area contributed by atoms with Crippen LogP contribution in [0.15, 0.2) is 34.9 Å². The summed E-state index contributed by atoms with van der Waals surface area (Å²) in [6.45, 7) is 3.73. The summed E-state index contributed by atoms with van der Waals surface area (Å²) < 4.78 is 18.3. The highest BCUT2D eigenvalue weighted by Gasteiger charge is 2.18. The number of halogens is 1. The van der Waals surface area contributed by atoms with E-state index in [4.69, 9.17) is 10.3 Å². The van der Waals surface area contributed by atoms with E-state index in [0.717, 1.165) is 22.5 Å². The predicted molar refractivity (Wildman–Crippen MR) is 63.7 cm³/mol. The van der Waals surface area contributed by atoms with Gasteiger partial charge in [0.15, 0.2) is 0 Å². The zero-order chi connectivity index (χ0) is 12.4. The molecule has 0 aliphatic rings. The first-order chi connectivity index (χ1) is 8.13. The standard InChI is InChI=1S/C13H15FN2O/c1-8-7-10(14)3-4-11(8)13(16-15)12-5-6-17-9(12)2/h3-7,13,16H,15H2,1-2H3. The van der Waals surface area contributed by atoms with E-state index in [1.807, 2.05) is 19.9 Å². The van der Waals surface area contributed by atoms with Gasteiger partial charge in [-0.15, -0.1) is 0 Å².